The van der Waals surface area contributed by atoms with Crippen LogP contribution in [0, 0.1) is 0 Å². The number of aromatic nitrogens is 2. The first-order valence-electron chi connectivity index (χ1n) is 4.62. The molecule has 0 atom stereocenters. The Balaban J connectivity index is 0.00000128. The predicted molar refractivity (Wildman–Crippen MR) is 75.4 cm³/mol. The van der Waals surface area contributed by atoms with E-state index in [1.54, 1.807) is 11.3 Å². The van der Waals surface area contributed by atoms with Crippen LogP contribution >= 0.6 is 47.1 Å². The fraction of sp³-hybridized carbons (Fsp3) is 0.444. The van der Waals surface area contributed by atoms with Gasteiger partial charge in [-0.25, -0.2) is 4.98 Å². The molecule has 0 aliphatic carbocycles. The molecule has 0 aliphatic rings. The van der Waals surface area contributed by atoms with Crippen molar-refractivity contribution in [3.05, 3.63) is 22.4 Å². The minimum absolute atomic E-state index is 0. The molecule has 0 bridgehead atoms. The minimum atomic E-state index is 0. The second-order valence-electron chi connectivity index (χ2n) is 3.07. The van der Waals surface area contributed by atoms with Crippen LogP contribution in [-0.2, 0) is 6.54 Å². The average molecular weight is 298 g/mol. The van der Waals surface area contributed by atoms with Crippen molar-refractivity contribution in [2.45, 2.75) is 6.54 Å². The maximum Gasteiger partial charge on any atom is 0.195 e. The third kappa shape index (κ3) is 3.05. The fourth-order valence-corrected chi connectivity index (χ4v) is 2.71. The largest absolute Gasteiger partial charge is 0.310 e. The molecule has 0 fully saturated rings. The molecule has 2 heterocycles. The Morgan fingerprint density at radius 3 is 3.19 bits per heavy atom. The molecule has 2 aromatic rings. The number of thiazole rings is 1. The third-order valence-corrected chi connectivity index (χ3v) is 3.76. The van der Waals surface area contributed by atoms with E-state index in [0.717, 1.165) is 29.5 Å². The maximum absolute atomic E-state index is 6.05. The van der Waals surface area contributed by atoms with E-state index in [4.69, 9.17) is 11.6 Å². The van der Waals surface area contributed by atoms with Gasteiger partial charge >= 0.3 is 0 Å². The Morgan fingerprint density at radius 2 is 2.44 bits per heavy atom. The van der Waals surface area contributed by atoms with Crippen molar-refractivity contribution < 1.29 is 0 Å². The SMILES string of the molecule is CSCCNCc1c(Cl)nc2sccn12.Cl. The van der Waals surface area contributed by atoms with E-state index in [1.165, 1.54) is 0 Å². The molecular formula is C9H13Cl2N3S2. The number of halogens is 2. The fourth-order valence-electron chi connectivity index (χ4n) is 1.35. The summed E-state index contributed by atoms with van der Waals surface area (Å²) in [5.41, 5.74) is 1.05. The molecule has 0 spiro atoms. The quantitative estimate of drug-likeness (QED) is 0.861. The van der Waals surface area contributed by atoms with Crippen LogP contribution in [0.15, 0.2) is 11.6 Å². The number of hydrogen-bond acceptors (Lipinski definition) is 4. The summed E-state index contributed by atoms with van der Waals surface area (Å²) in [5.74, 6) is 1.11. The third-order valence-electron chi connectivity index (χ3n) is 2.09. The zero-order valence-electron chi connectivity index (χ0n) is 8.77. The highest BCUT2D eigenvalue weighted by atomic mass is 35.5. The molecule has 0 radical (unpaired) electrons. The summed E-state index contributed by atoms with van der Waals surface area (Å²) in [6.07, 6.45) is 4.11. The molecule has 0 aliphatic heterocycles. The standard InChI is InChI=1S/C9H12ClN3S2.ClH/c1-14-4-2-11-6-7-8(10)12-9-13(7)3-5-15-9;/h3,5,11H,2,4,6H2,1H3;1H. The summed E-state index contributed by atoms with van der Waals surface area (Å²) >= 11 is 9.49. The summed E-state index contributed by atoms with van der Waals surface area (Å²) in [5, 5.41) is 5.98. The van der Waals surface area contributed by atoms with E-state index in [1.807, 2.05) is 27.7 Å². The van der Waals surface area contributed by atoms with Crippen molar-refractivity contribution in [2.75, 3.05) is 18.6 Å². The lowest BCUT2D eigenvalue weighted by Gasteiger charge is -2.02. The summed E-state index contributed by atoms with van der Waals surface area (Å²) in [6.45, 7) is 1.77. The normalized spacial score (nSPS) is 10.6. The van der Waals surface area contributed by atoms with Crippen LogP contribution in [0.5, 0.6) is 0 Å². The molecular weight excluding hydrogens is 285 g/mol. The first-order valence-corrected chi connectivity index (χ1v) is 7.27. The van der Waals surface area contributed by atoms with Crippen molar-refractivity contribution in [1.82, 2.24) is 14.7 Å². The van der Waals surface area contributed by atoms with Gasteiger partial charge < -0.3 is 5.32 Å². The lowest BCUT2D eigenvalue weighted by atomic mass is 10.4. The second kappa shape index (κ2) is 6.71. The number of imidazole rings is 1. The smallest absolute Gasteiger partial charge is 0.195 e. The minimum Gasteiger partial charge on any atom is -0.310 e. The van der Waals surface area contributed by atoms with Crippen LogP contribution in [0.4, 0.5) is 0 Å². The number of thioether (sulfide) groups is 1. The van der Waals surface area contributed by atoms with Crippen LogP contribution in [-0.4, -0.2) is 27.9 Å². The van der Waals surface area contributed by atoms with Crippen molar-refractivity contribution in [3.8, 4) is 0 Å². The van der Waals surface area contributed by atoms with Gasteiger partial charge in [0.2, 0.25) is 0 Å². The van der Waals surface area contributed by atoms with Crippen LogP contribution in [0.1, 0.15) is 5.69 Å². The molecule has 7 heteroatoms. The van der Waals surface area contributed by atoms with Gasteiger partial charge in [-0.2, -0.15) is 11.8 Å². The Bertz CT molecular complexity index is 441. The molecule has 90 valence electrons. The van der Waals surface area contributed by atoms with Crippen LogP contribution in [0.2, 0.25) is 5.15 Å². The van der Waals surface area contributed by atoms with Gasteiger partial charge in [0.15, 0.2) is 10.1 Å². The highest BCUT2D eigenvalue weighted by Gasteiger charge is 2.09. The van der Waals surface area contributed by atoms with Gasteiger partial charge in [-0.15, -0.1) is 23.7 Å². The number of fused-ring (bicyclic) bond motifs is 1. The molecule has 0 saturated carbocycles. The van der Waals surface area contributed by atoms with Crippen molar-refractivity contribution >= 4 is 52.1 Å². The van der Waals surface area contributed by atoms with Crippen molar-refractivity contribution in [1.29, 1.82) is 0 Å². The van der Waals surface area contributed by atoms with E-state index < -0.39 is 0 Å². The second-order valence-corrected chi connectivity index (χ2v) is 5.29. The van der Waals surface area contributed by atoms with Gasteiger partial charge in [0.1, 0.15) is 0 Å². The number of nitrogens with zero attached hydrogens (tertiary/aromatic N) is 2. The van der Waals surface area contributed by atoms with E-state index >= 15 is 0 Å². The van der Waals surface area contributed by atoms with E-state index in [2.05, 4.69) is 16.6 Å². The summed E-state index contributed by atoms with van der Waals surface area (Å²) < 4.78 is 2.04. The van der Waals surface area contributed by atoms with Crippen LogP contribution in [0.3, 0.4) is 0 Å². The van der Waals surface area contributed by atoms with Gasteiger partial charge in [0.05, 0.1) is 5.69 Å². The molecule has 16 heavy (non-hydrogen) atoms. The molecule has 2 aromatic heterocycles. The van der Waals surface area contributed by atoms with Crippen molar-refractivity contribution in [3.63, 3.8) is 0 Å². The highest BCUT2D eigenvalue weighted by Crippen LogP contribution is 2.20. The first-order chi connectivity index (χ1) is 7.33. The monoisotopic (exact) mass is 297 g/mol. The molecule has 2 rings (SSSR count). The summed E-state index contributed by atoms with van der Waals surface area (Å²) in [4.78, 5) is 5.23. The van der Waals surface area contributed by atoms with E-state index in [0.29, 0.717) is 5.15 Å². The maximum atomic E-state index is 6.05. The van der Waals surface area contributed by atoms with Gasteiger partial charge in [-0.3, -0.25) is 4.40 Å². The van der Waals surface area contributed by atoms with Gasteiger partial charge in [0.25, 0.3) is 0 Å². The molecule has 1 N–H and O–H groups in total. The number of nitrogens with one attached hydrogen (secondary N) is 1. The van der Waals surface area contributed by atoms with Gasteiger partial charge in [-0.1, -0.05) is 11.6 Å². The zero-order valence-corrected chi connectivity index (χ0v) is 12.0. The Morgan fingerprint density at radius 1 is 1.62 bits per heavy atom. The molecule has 0 saturated heterocycles. The molecule has 0 aromatic carbocycles. The van der Waals surface area contributed by atoms with Crippen LogP contribution < -0.4 is 5.32 Å². The lowest BCUT2D eigenvalue weighted by molar-refractivity contribution is 0.711. The molecule has 0 unspecified atom stereocenters. The predicted octanol–water partition coefficient (Wildman–Crippen LogP) is 2.92. The number of rotatable bonds is 5. The Kier molecular flexibility index (Phi) is 5.92. The zero-order chi connectivity index (χ0) is 10.7. The topological polar surface area (TPSA) is 29.3 Å². The Labute approximate surface area is 114 Å². The summed E-state index contributed by atoms with van der Waals surface area (Å²) in [6, 6.07) is 0. The number of hydrogen-bond donors (Lipinski definition) is 1. The van der Waals surface area contributed by atoms with Gasteiger partial charge in [0, 0.05) is 30.4 Å². The molecule has 3 nitrogen and oxygen atoms in total. The van der Waals surface area contributed by atoms with Crippen molar-refractivity contribution in [2.24, 2.45) is 0 Å². The van der Waals surface area contributed by atoms with Gasteiger partial charge in [-0.05, 0) is 6.26 Å². The van der Waals surface area contributed by atoms with E-state index in [9.17, 15) is 0 Å². The average Bonchev–Trinajstić information content (AvgIpc) is 2.75. The molecule has 0 amide bonds. The Hall–Kier alpha value is 0.0600. The highest BCUT2D eigenvalue weighted by molar-refractivity contribution is 7.98. The summed E-state index contributed by atoms with van der Waals surface area (Å²) in [7, 11) is 0. The first kappa shape index (κ1) is 14.1. The van der Waals surface area contributed by atoms with E-state index in [-0.39, 0.29) is 12.4 Å². The lowest BCUT2D eigenvalue weighted by Crippen LogP contribution is -2.17. The van der Waals surface area contributed by atoms with Crippen LogP contribution in [0.25, 0.3) is 4.96 Å².